The molecule has 0 spiro atoms. The van der Waals surface area contributed by atoms with E-state index in [0.717, 1.165) is 16.7 Å². The largest absolute Gasteiger partial charge is 0.268 e. The highest BCUT2D eigenvalue weighted by Crippen LogP contribution is 2.15. The first-order chi connectivity index (χ1) is 6.75. The van der Waals surface area contributed by atoms with Crippen LogP contribution >= 0.6 is 0 Å². The van der Waals surface area contributed by atoms with Crippen LogP contribution in [0.15, 0.2) is 35.5 Å². The van der Waals surface area contributed by atoms with E-state index in [-0.39, 0.29) is 5.56 Å². The predicted molar refractivity (Wildman–Crippen MR) is 52.8 cm³/mol. The number of aryl methyl sites for hydroxylation is 1. The highest BCUT2D eigenvalue weighted by molar-refractivity contribution is 5.61. The third kappa shape index (κ3) is 1.69. The van der Waals surface area contributed by atoms with Gasteiger partial charge in [-0.25, -0.2) is 5.10 Å². The number of rotatable bonds is 1. The number of aromatic amines is 1. The lowest BCUT2D eigenvalue weighted by atomic mass is 10.1. The highest BCUT2D eigenvalue weighted by atomic mass is 16.1. The summed E-state index contributed by atoms with van der Waals surface area (Å²) in [6, 6.07) is 3.47. The molecule has 0 fully saturated rings. The second kappa shape index (κ2) is 3.41. The van der Waals surface area contributed by atoms with Gasteiger partial charge in [0.2, 0.25) is 0 Å². The van der Waals surface area contributed by atoms with Crippen LogP contribution in [0, 0.1) is 6.92 Å². The second-order valence-corrected chi connectivity index (χ2v) is 3.08. The average molecular weight is 187 g/mol. The molecule has 2 heterocycles. The molecule has 4 nitrogen and oxygen atoms in total. The lowest BCUT2D eigenvalue weighted by molar-refractivity contribution is 0.990. The normalized spacial score (nSPS) is 10.1. The number of aromatic nitrogens is 3. The molecule has 0 aliphatic heterocycles. The monoisotopic (exact) mass is 187 g/mol. The number of hydrogen-bond donors (Lipinski definition) is 1. The van der Waals surface area contributed by atoms with Gasteiger partial charge in [0.15, 0.2) is 0 Å². The minimum Gasteiger partial charge on any atom is -0.268 e. The molecular weight excluding hydrogens is 178 g/mol. The van der Waals surface area contributed by atoms with Gasteiger partial charge in [0.25, 0.3) is 5.56 Å². The summed E-state index contributed by atoms with van der Waals surface area (Å²) in [6.07, 6.45) is 5.09. The van der Waals surface area contributed by atoms with Crippen LogP contribution in [-0.4, -0.2) is 15.2 Å². The van der Waals surface area contributed by atoms with Crippen LogP contribution in [-0.2, 0) is 0 Å². The molecule has 0 aliphatic rings. The van der Waals surface area contributed by atoms with E-state index in [2.05, 4.69) is 15.2 Å². The highest BCUT2D eigenvalue weighted by Gasteiger charge is 1.98. The van der Waals surface area contributed by atoms with Gasteiger partial charge in [-0.2, -0.15) is 5.10 Å². The van der Waals surface area contributed by atoms with Gasteiger partial charge in [-0.05, 0) is 18.6 Å². The summed E-state index contributed by atoms with van der Waals surface area (Å²) in [5.74, 6) is 0. The van der Waals surface area contributed by atoms with Gasteiger partial charge in [-0.3, -0.25) is 9.78 Å². The van der Waals surface area contributed by atoms with E-state index < -0.39 is 0 Å². The van der Waals surface area contributed by atoms with Crippen molar-refractivity contribution >= 4 is 0 Å². The third-order valence-electron chi connectivity index (χ3n) is 1.87. The molecule has 2 aromatic rings. The number of nitrogens with zero attached hydrogens (tertiary/aromatic N) is 2. The molecule has 14 heavy (non-hydrogen) atoms. The SMILES string of the molecule is Cc1cncc(-c2cn[nH]c(=O)c2)c1. The number of hydrogen-bond acceptors (Lipinski definition) is 3. The minimum atomic E-state index is -0.205. The first-order valence-electron chi connectivity index (χ1n) is 4.22. The first-order valence-corrected chi connectivity index (χ1v) is 4.22. The van der Waals surface area contributed by atoms with Gasteiger partial charge < -0.3 is 0 Å². The zero-order valence-corrected chi connectivity index (χ0v) is 7.69. The van der Waals surface area contributed by atoms with E-state index in [1.807, 2.05) is 13.0 Å². The maximum atomic E-state index is 11.0. The van der Waals surface area contributed by atoms with Crippen molar-refractivity contribution in [3.05, 3.63) is 46.6 Å². The molecule has 1 N–H and O–H groups in total. The van der Waals surface area contributed by atoms with Crippen LogP contribution < -0.4 is 5.56 Å². The lowest BCUT2D eigenvalue weighted by Crippen LogP contribution is -2.05. The Morgan fingerprint density at radius 3 is 2.64 bits per heavy atom. The summed E-state index contributed by atoms with van der Waals surface area (Å²) in [4.78, 5) is 15.1. The Morgan fingerprint density at radius 1 is 1.14 bits per heavy atom. The Morgan fingerprint density at radius 2 is 1.93 bits per heavy atom. The molecule has 0 bridgehead atoms. The Labute approximate surface area is 80.6 Å². The molecule has 2 aromatic heterocycles. The van der Waals surface area contributed by atoms with E-state index in [0.29, 0.717) is 0 Å². The molecule has 70 valence electrons. The van der Waals surface area contributed by atoms with E-state index >= 15 is 0 Å². The molecular formula is C10H9N3O. The molecule has 0 saturated carbocycles. The van der Waals surface area contributed by atoms with E-state index in [1.165, 1.54) is 6.07 Å². The second-order valence-electron chi connectivity index (χ2n) is 3.08. The molecule has 4 heteroatoms. The number of H-pyrrole nitrogens is 1. The zero-order valence-electron chi connectivity index (χ0n) is 7.69. The summed E-state index contributed by atoms with van der Waals surface area (Å²) in [5.41, 5.74) is 2.54. The topological polar surface area (TPSA) is 58.6 Å². The first kappa shape index (κ1) is 8.62. The van der Waals surface area contributed by atoms with Crippen molar-refractivity contribution < 1.29 is 0 Å². The fourth-order valence-electron chi connectivity index (χ4n) is 1.25. The molecule has 0 amide bonds. The van der Waals surface area contributed by atoms with Crippen LogP contribution in [0.5, 0.6) is 0 Å². The lowest BCUT2D eigenvalue weighted by Gasteiger charge is -1.99. The molecule has 0 aromatic carbocycles. The third-order valence-corrected chi connectivity index (χ3v) is 1.87. The summed E-state index contributed by atoms with van der Waals surface area (Å²) in [5, 5.41) is 6.06. The quantitative estimate of drug-likeness (QED) is 0.728. The fraction of sp³-hybridized carbons (Fsp3) is 0.100. The van der Waals surface area contributed by atoms with Gasteiger partial charge in [0.05, 0.1) is 6.20 Å². The van der Waals surface area contributed by atoms with Crippen LogP contribution in [0.1, 0.15) is 5.56 Å². The Kier molecular flexibility index (Phi) is 2.10. The smallest absolute Gasteiger partial charge is 0.264 e. The van der Waals surface area contributed by atoms with Gasteiger partial charge >= 0.3 is 0 Å². The summed E-state index contributed by atoms with van der Waals surface area (Å²) >= 11 is 0. The van der Waals surface area contributed by atoms with Crippen molar-refractivity contribution in [2.45, 2.75) is 6.92 Å². The minimum absolute atomic E-state index is 0.205. The van der Waals surface area contributed by atoms with Crippen molar-refractivity contribution in [3.63, 3.8) is 0 Å². The summed E-state index contributed by atoms with van der Waals surface area (Å²) in [7, 11) is 0. The van der Waals surface area contributed by atoms with Crippen molar-refractivity contribution in [3.8, 4) is 11.1 Å². The summed E-state index contributed by atoms with van der Waals surface area (Å²) in [6.45, 7) is 1.96. The zero-order chi connectivity index (χ0) is 9.97. The maximum Gasteiger partial charge on any atom is 0.264 e. The van der Waals surface area contributed by atoms with Crippen LogP contribution in [0.3, 0.4) is 0 Å². The van der Waals surface area contributed by atoms with Gasteiger partial charge in [0.1, 0.15) is 0 Å². The van der Waals surface area contributed by atoms with Crippen molar-refractivity contribution in [1.82, 2.24) is 15.2 Å². The Bertz CT molecular complexity index is 504. The van der Waals surface area contributed by atoms with E-state index in [4.69, 9.17) is 0 Å². The average Bonchev–Trinajstić information content (AvgIpc) is 2.18. The predicted octanol–water partition coefficient (Wildman–Crippen LogP) is 1.14. The van der Waals surface area contributed by atoms with Crippen LogP contribution in [0.25, 0.3) is 11.1 Å². The van der Waals surface area contributed by atoms with Gasteiger partial charge in [-0.1, -0.05) is 0 Å². The molecule has 2 rings (SSSR count). The Hall–Kier alpha value is -1.97. The van der Waals surface area contributed by atoms with Gasteiger partial charge in [-0.15, -0.1) is 0 Å². The van der Waals surface area contributed by atoms with Crippen LogP contribution in [0.2, 0.25) is 0 Å². The summed E-state index contributed by atoms with van der Waals surface area (Å²) < 4.78 is 0. The van der Waals surface area contributed by atoms with Crippen molar-refractivity contribution in [2.24, 2.45) is 0 Å². The molecule has 0 atom stereocenters. The standard InChI is InChI=1S/C10H9N3O/c1-7-2-8(5-11-4-7)9-3-10(14)13-12-6-9/h2-6H,1H3,(H,13,14). The fourth-order valence-corrected chi connectivity index (χ4v) is 1.25. The molecule has 0 radical (unpaired) electrons. The van der Waals surface area contributed by atoms with Crippen LogP contribution in [0.4, 0.5) is 0 Å². The number of nitrogens with one attached hydrogen (secondary N) is 1. The Balaban J connectivity index is 2.55. The molecule has 0 saturated heterocycles. The maximum absolute atomic E-state index is 11.0. The van der Waals surface area contributed by atoms with Crippen molar-refractivity contribution in [2.75, 3.05) is 0 Å². The molecule has 0 unspecified atom stereocenters. The number of pyridine rings is 1. The van der Waals surface area contributed by atoms with E-state index in [1.54, 1.807) is 18.6 Å². The van der Waals surface area contributed by atoms with E-state index in [9.17, 15) is 4.79 Å². The van der Waals surface area contributed by atoms with Gasteiger partial charge in [0, 0.05) is 29.6 Å². The van der Waals surface area contributed by atoms with Crippen molar-refractivity contribution in [1.29, 1.82) is 0 Å². The molecule has 0 aliphatic carbocycles.